The molecule has 0 aliphatic heterocycles. The van der Waals surface area contributed by atoms with Crippen LogP contribution in [0.25, 0.3) is 0 Å². The predicted molar refractivity (Wildman–Crippen MR) is 92.2 cm³/mol. The van der Waals surface area contributed by atoms with Gasteiger partial charge in [-0.3, -0.25) is 14.3 Å². The molecule has 0 aliphatic rings. The number of benzene rings is 1. The van der Waals surface area contributed by atoms with Crippen molar-refractivity contribution in [1.82, 2.24) is 10.3 Å². The summed E-state index contributed by atoms with van der Waals surface area (Å²) in [4.78, 5) is 26.6. The van der Waals surface area contributed by atoms with Gasteiger partial charge >= 0.3 is 0 Å². The van der Waals surface area contributed by atoms with Crippen LogP contribution in [0.1, 0.15) is 16.1 Å². The Kier molecular flexibility index (Phi) is 5.59. The van der Waals surface area contributed by atoms with E-state index in [9.17, 15) is 18.0 Å². The average Bonchev–Trinajstić information content (AvgIpc) is 2.99. The van der Waals surface area contributed by atoms with Crippen molar-refractivity contribution in [3.8, 4) is 5.75 Å². The number of thiazole rings is 1. The van der Waals surface area contributed by atoms with Crippen LogP contribution in [0.4, 0.5) is 5.13 Å². The molecule has 134 valence electrons. The maximum absolute atomic E-state index is 12.4. The number of amides is 2. The van der Waals surface area contributed by atoms with E-state index in [-0.39, 0.29) is 33.7 Å². The second-order valence-electron chi connectivity index (χ2n) is 4.83. The number of primary amides is 1. The molecule has 4 N–H and O–H groups in total. The van der Waals surface area contributed by atoms with E-state index in [2.05, 4.69) is 15.0 Å². The number of nitrogens with two attached hydrogens (primary N) is 1. The number of aromatic nitrogens is 1. The fourth-order valence-corrected chi connectivity index (χ4v) is 3.90. The summed E-state index contributed by atoms with van der Waals surface area (Å²) >= 11 is 1.04. The van der Waals surface area contributed by atoms with Crippen molar-refractivity contribution in [3.63, 3.8) is 0 Å². The van der Waals surface area contributed by atoms with Crippen molar-refractivity contribution < 1.29 is 22.7 Å². The molecule has 2 aromatic rings. The van der Waals surface area contributed by atoms with Gasteiger partial charge < -0.3 is 15.8 Å². The summed E-state index contributed by atoms with van der Waals surface area (Å²) in [6, 6.07) is 3.75. The van der Waals surface area contributed by atoms with E-state index in [0.29, 0.717) is 5.69 Å². The number of likely N-dealkylation sites (N-methyl/N-ethyl adjacent to an activating group) is 1. The van der Waals surface area contributed by atoms with Gasteiger partial charge in [0.25, 0.3) is 15.9 Å². The molecule has 0 saturated carbocycles. The molecule has 0 bridgehead atoms. The van der Waals surface area contributed by atoms with E-state index in [0.717, 1.165) is 17.4 Å². The minimum atomic E-state index is -3.98. The molecule has 0 spiro atoms. The van der Waals surface area contributed by atoms with E-state index in [1.165, 1.54) is 26.3 Å². The van der Waals surface area contributed by atoms with Gasteiger partial charge in [0.05, 0.1) is 29.7 Å². The van der Waals surface area contributed by atoms with Crippen molar-refractivity contribution in [2.75, 3.05) is 18.9 Å². The zero-order valence-electron chi connectivity index (χ0n) is 13.4. The van der Waals surface area contributed by atoms with Crippen LogP contribution in [-0.4, -0.2) is 39.4 Å². The molecule has 2 amide bonds. The van der Waals surface area contributed by atoms with Crippen LogP contribution >= 0.6 is 11.3 Å². The van der Waals surface area contributed by atoms with Crippen molar-refractivity contribution in [3.05, 3.63) is 34.8 Å². The van der Waals surface area contributed by atoms with Crippen LogP contribution in [0.3, 0.4) is 0 Å². The molecule has 0 fully saturated rings. The van der Waals surface area contributed by atoms with Crippen LogP contribution in [0.2, 0.25) is 0 Å². The maximum Gasteiger partial charge on any atom is 0.263 e. The van der Waals surface area contributed by atoms with Gasteiger partial charge in [-0.2, -0.15) is 0 Å². The summed E-state index contributed by atoms with van der Waals surface area (Å²) in [5.41, 5.74) is 5.62. The second-order valence-corrected chi connectivity index (χ2v) is 7.37. The smallest absolute Gasteiger partial charge is 0.263 e. The highest BCUT2D eigenvalue weighted by atomic mass is 32.2. The van der Waals surface area contributed by atoms with E-state index < -0.39 is 15.9 Å². The van der Waals surface area contributed by atoms with Crippen LogP contribution in [0.15, 0.2) is 28.5 Å². The third-order valence-electron chi connectivity index (χ3n) is 3.14. The third kappa shape index (κ3) is 4.45. The highest BCUT2D eigenvalue weighted by Gasteiger charge is 2.20. The van der Waals surface area contributed by atoms with Crippen molar-refractivity contribution in [2.45, 2.75) is 11.3 Å². The quantitative estimate of drug-likeness (QED) is 0.629. The molecule has 2 rings (SSSR count). The first kappa shape index (κ1) is 18.7. The SMILES string of the molecule is CNC(=O)Cc1csc(NS(=O)(=O)c2ccc(OC)c(C(N)=O)c2)n1. The van der Waals surface area contributed by atoms with Crippen LogP contribution < -0.4 is 20.5 Å². The van der Waals surface area contributed by atoms with E-state index in [1.807, 2.05) is 0 Å². The van der Waals surface area contributed by atoms with Gasteiger partial charge in [0, 0.05) is 12.4 Å². The minimum Gasteiger partial charge on any atom is -0.496 e. The number of carbonyl (C=O) groups excluding carboxylic acids is 2. The zero-order chi connectivity index (χ0) is 18.6. The molecular weight excluding hydrogens is 368 g/mol. The number of hydrogen-bond acceptors (Lipinski definition) is 7. The Morgan fingerprint density at radius 3 is 2.68 bits per heavy atom. The lowest BCUT2D eigenvalue weighted by Crippen LogP contribution is -2.20. The fourth-order valence-electron chi connectivity index (χ4n) is 1.91. The van der Waals surface area contributed by atoms with Gasteiger partial charge in [-0.25, -0.2) is 13.4 Å². The van der Waals surface area contributed by atoms with Gasteiger partial charge in [-0.15, -0.1) is 11.3 Å². The highest BCUT2D eigenvalue weighted by molar-refractivity contribution is 7.93. The number of anilines is 1. The van der Waals surface area contributed by atoms with Gasteiger partial charge in [-0.05, 0) is 18.2 Å². The molecule has 1 aromatic carbocycles. The molecule has 9 nitrogen and oxygen atoms in total. The molecule has 0 saturated heterocycles. The topological polar surface area (TPSA) is 140 Å². The van der Waals surface area contributed by atoms with Crippen LogP contribution in [0, 0.1) is 0 Å². The van der Waals surface area contributed by atoms with Gasteiger partial charge in [0.2, 0.25) is 5.91 Å². The monoisotopic (exact) mass is 384 g/mol. The number of sulfonamides is 1. The first-order chi connectivity index (χ1) is 11.8. The van der Waals surface area contributed by atoms with Gasteiger partial charge in [0.1, 0.15) is 5.75 Å². The number of hydrogen-bond donors (Lipinski definition) is 3. The van der Waals surface area contributed by atoms with E-state index in [4.69, 9.17) is 10.5 Å². The first-order valence-corrected chi connectivity index (χ1v) is 9.28. The number of carbonyl (C=O) groups is 2. The van der Waals surface area contributed by atoms with E-state index >= 15 is 0 Å². The summed E-state index contributed by atoms with van der Waals surface area (Å²) in [5, 5.41) is 4.14. The normalized spacial score (nSPS) is 11.0. The summed E-state index contributed by atoms with van der Waals surface area (Å²) in [5.74, 6) is -0.870. The molecule has 0 atom stereocenters. The Morgan fingerprint density at radius 1 is 1.36 bits per heavy atom. The standard InChI is InChI=1S/C14H16N4O5S2/c1-16-12(19)5-8-7-24-14(17-8)18-25(21,22)9-3-4-11(23-2)10(6-9)13(15)20/h3-4,6-7H,5H2,1-2H3,(H2,15,20)(H,16,19)(H,17,18). The Balaban J connectivity index is 2.26. The largest absolute Gasteiger partial charge is 0.496 e. The number of rotatable bonds is 7. The Labute approximate surface area is 148 Å². The first-order valence-electron chi connectivity index (χ1n) is 6.92. The molecule has 0 radical (unpaired) electrons. The number of ether oxygens (including phenoxy) is 1. The lowest BCUT2D eigenvalue weighted by atomic mass is 10.2. The van der Waals surface area contributed by atoms with Gasteiger partial charge in [0.15, 0.2) is 5.13 Å². The third-order valence-corrected chi connectivity index (χ3v) is 5.41. The number of nitrogens with zero attached hydrogens (tertiary/aromatic N) is 1. The molecule has 1 aromatic heterocycles. The van der Waals surface area contributed by atoms with Crippen molar-refractivity contribution in [1.29, 1.82) is 0 Å². The summed E-state index contributed by atoms with van der Waals surface area (Å²) in [6.45, 7) is 0. The van der Waals surface area contributed by atoms with Gasteiger partial charge in [-0.1, -0.05) is 0 Å². The Bertz CT molecular complexity index is 908. The van der Waals surface area contributed by atoms with E-state index in [1.54, 1.807) is 5.38 Å². The van der Waals surface area contributed by atoms with Crippen molar-refractivity contribution in [2.24, 2.45) is 5.73 Å². The predicted octanol–water partition coefficient (Wildman–Crippen LogP) is 0.340. The maximum atomic E-state index is 12.4. The molecule has 11 heteroatoms. The number of methoxy groups -OCH3 is 1. The number of nitrogens with one attached hydrogen (secondary N) is 2. The highest BCUT2D eigenvalue weighted by Crippen LogP contribution is 2.25. The fraction of sp³-hybridized carbons (Fsp3) is 0.214. The second kappa shape index (κ2) is 7.49. The zero-order valence-corrected chi connectivity index (χ0v) is 15.0. The van der Waals surface area contributed by atoms with Crippen LogP contribution in [0.5, 0.6) is 5.75 Å². The summed E-state index contributed by atoms with van der Waals surface area (Å²) in [6.07, 6.45) is 0.0447. The minimum absolute atomic E-state index is 0.0447. The molecular formula is C14H16N4O5S2. The van der Waals surface area contributed by atoms with Crippen molar-refractivity contribution >= 4 is 38.3 Å². The summed E-state index contributed by atoms with van der Waals surface area (Å²) < 4.78 is 32.2. The molecule has 0 unspecified atom stereocenters. The Morgan fingerprint density at radius 2 is 2.08 bits per heavy atom. The lowest BCUT2D eigenvalue weighted by molar-refractivity contribution is -0.120. The molecule has 0 aliphatic carbocycles. The molecule has 25 heavy (non-hydrogen) atoms. The lowest BCUT2D eigenvalue weighted by Gasteiger charge is -2.09. The summed E-state index contributed by atoms with van der Waals surface area (Å²) in [7, 11) is -1.14. The molecule has 1 heterocycles. The average molecular weight is 384 g/mol. The Hall–Kier alpha value is -2.66. The van der Waals surface area contributed by atoms with Crippen LogP contribution in [-0.2, 0) is 21.2 Å².